The van der Waals surface area contributed by atoms with E-state index in [2.05, 4.69) is 20.8 Å². The molecule has 0 spiro atoms. The van der Waals surface area contributed by atoms with Gasteiger partial charge in [0.25, 0.3) is 11.8 Å². The van der Waals surface area contributed by atoms with Gasteiger partial charge in [0, 0.05) is 43.9 Å². The highest BCUT2D eigenvalue weighted by atomic mass is 35.5. The molecule has 0 saturated heterocycles. The minimum atomic E-state index is -4.89. The predicted octanol–water partition coefficient (Wildman–Crippen LogP) is 7.27. The normalized spacial score (nSPS) is 14.7. The Morgan fingerprint density at radius 1 is 0.951 bits per heavy atom. The number of rotatable bonds is 4. The summed E-state index contributed by atoms with van der Waals surface area (Å²) in [7, 11) is 0. The third-order valence-electron chi connectivity index (χ3n) is 6.74. The third kappa shape index (κ3) is 4.78. The first-order chi connectivity index (χ1) is 19.5. The highest BCUT2D eigenvalue weighted by Gasteiger charge is 2.36. The molecule has 206 valence electrons. The van der Waals surface area contributed by atoms with E-state index in [-0.39, 0.29) is 33.5 Å². The molecule has 0 fully saturated rings. The molecule has 1 unspecified atom stereocenters. The Labute approximate surface area is 233 Å². The first-order valence-electron chi connectivity index (χ1n) is 12.1. The molecule has 3 N–H and O–H groups in total. The first kappa shape index (κ1) is 26.5. The standard InChI is InChI=1S/C29H16ClF5N4O2/c30-21-6-5-16(31)12-19(21)26-24-20(28(41)37-26)9-13(25-18-3-1-2-4-22(18)38-39-25)10-23(24)36-27(40)14-7-15(29(33,34)35)11-17(32)8-14/h1-12,26H,(H,36,40)(H,37,41)(H,38,39). The molecule has 1 aliphatic rings. The van der Waals surface area contributed by atoms with E-state index in [1.165, 1.54) is 12.1 Å². The average Bonchev–Trinajstić information content (AvgIpc) is 3.50. The lowest BCUT2D eigenvalue weighted by atomic mass is 9.93. The maximum absolute atomic E-state index is 14.2. The van der Waals surface area contributed by atoms with E-state index in [1.807, 2.05) is 0 Å². The maximum Gasteiger partial charge on any atom is 0.416 e. The van der Waals surface area contributed by atoms with Gasteiger partial charge in [-0.05, 0) is 54.6 Å². The summed E-state index contributed by atoms with van der Waals surface area (Å²) in [6.45, 7) is 0. The molecule has 1 atom stereocenters. The summed E-state index contributed by atoms with van der Waals surface area (Å²) in [6, 6.07) is 14.2. The lowest BCUT2D eigenvalue weighted by Crippen LogP contribution is -2.21. The van der Waals surface area contributed by atoms with E-state index in [4.69, 9.17) is 11.6 Å². The van der Waals surface area contributed by atoms with E-state index < -0.39 is 46.8 Å². The molecule has 0 radical (unpaired) electrons. The number of hydrogen-bond donors (Lipinski definition) is 3. The van der Waals surface area contributed by atoms with Crippen molar-refractivity contribution in [3.63, 3.8) is 0 Å². The van der Waals surface area contributed by atoms with Crippen molar-refractivity contribution >= 4 is 40.0 Å². The van der Waals surface area contributed by atoms with Crippen molar-refractivity contribution in [2.24, 2.45) is 0 Å². The van der Waals surface area contributed by atoms with Gasteiger partial charge >= 0.3 is 6.18 Å². The Morgan fingerprint density at radius 3 is 2.51 bits per heavy atom. The summed E-state index contributed by atoms with van der Waals surface area (Å²) in [5, 5.41) is 13.3. The van der Waals surface area contributed by atoms with E-state index in [9.17, 15) is 31.5 Å². The van der Waals surface area contributed by atoms with Crippen LogP contribution in [0.15, 0.2) is 72.8 Å². The second-order valence-electron chi connectivity index (χ2n) is 9.36. The zero-order chi connectivity index (χ0) is 29.1. The number of anilines is 1. The van der Waals surface area contributed by atoms with Gasteiger partial charge in [-0.15, -0.1) is 0 Å². The fourth-order valence-corrected chi connectivity index (χ4v) is 5.13. The van der Waals surface area contributed by atoms with E-state index in [1.54, 1.807) is 30.3 Å². The van der Waals surface area contributed by atoms with E-state index in [0.717, 1.165) is 12.1 Å². The summed E-state index contributed by atoms with van der Waals surface area (Å²) in [5.41, 5.74) is 0.0924. The number of carbonyl (C=O) groups excluding carboxylic acids is 2. The van der Waals surface area contributed by atoms with Crippen LogP contribution >= 0.6 is 11.6 Å². The lowest BCUT2D eigenvalue weighted by molar-refractivity contribution is -0.137. The second-order valence-corrected chi connectivity index (χ2v) is 9.76. The molecule has 6 rings (SSSR count). The summed E-state index contributed by atoms with van der Waals surface area (Å²) in [5.74, 6) is -3.51. The number of benzene rings is 4. The monoisotopic (exact) mass is 582 g/mol. The van der Waals surface area contributed by atoms with Crippen molar-refractivity contribution in [1.82, 2.24) is 15.5 Å². The van der Waals surface area contributed by atoms with Crippen molar-refractivity contribution in [2.75, 3.05) is 5.32 Å². The summed E-state index contributed by atoms with van der Waals surface area (Å²) in [4.78, 5) is 26.4. The second kappa shape index (κ2) is 9.70. The van der Waals surface area contributed by atoms with Crippen molar-refractivity contribution in [2.45, 2.75) is 12.2 Å². The number of fused-ring (bicyclic) bond motifs is 2. The van der Waals surface area contributed by atoms with Gasteiger partial charge in [-0.3, -0.25) is 14.7 Å². The summed E-state index contributed by atoms with van der Waals surface area (Å²) in [6.07, 6.45) is -4.89. The van der Waals surface area contributed by atoms with E-state index >= 15 is 0 Å². The first-order valence-corrected chi connectivity index (χ1v) is 12.4. The van der Waals surface area contributed by atoms with Crippen LogP contribution in [-0.2, 0) is 6.18 Å². The highest BCUT2D eigenvalue weighted by molar-refractivity contribution is 6.31. The van der Waals surface area contributed by atoms with Crippen LogP contribution in [0.1, 0.15) is 43.4 Å². The van der Waals surface area contributed by atoms with Crippen LogP contribution in [0.5, 0.6) is 0 Å². The van der Waals surface area contributed by atoms with Crippen molar-refractivity contribution in [3.8, 4) is 11.3 Å². The average molecular weight is 583 g/mol. The van der Waals surface area contributed by atoms with Crippen LogP contribution in [0.4, 0.5) is 27.6 Å². The maximum atomic E-state index is 14.2. The van der Waals surface area contributed by atoms with Gasteiger partial charge in [-0.25, -0.2) is 8.78 Å². The summed E-state index contributed by atoms with van der Waals surface area (Å²) < 4.78 is 68.2. The Morgan fingerprint density at radius 2 is 1.73 bits per heavy atom. The van der Waals surface area contributed by atoms with Gasteiger partial charge in [0.15, 0.2) is 0 Å². The van der Waals surface area contributed by atoms with Gasteiger partial charge < -0.3 is 10.6 Å². The largest absolute Gasteiger partial charge is 0.416 e. The van der Waals surface area contributed by atoms with Crippen LogP contribution in [0.2, 0.25) is 5.02 Å². The molecule has 0 bridgehead atoms. The molecule has 4 aromatic carbocycles. The number of aromatic nitrogens is 2. The highest BCUT2D eigenvalue weighted by Crippen LogP contribution is 2.42. The number of carbonyl (C=O) groups is 2. The van der Waals surface area contributed by atoms with Crippen LogP contribution < -0.4 is 10.6 Å². The van der Waals surface area contributed by atoms with Gasteiger partial charge in [-0.1, -0.05) is 29.8 Å². The fraction of sp³-hybridized carbons (Fsp3) is 0.0690. The molecule has 41 heavy (non-hydrogen) atoms. The fourth-order valence-electron chi connectivity index (χ4n) is 4.90. The molecule has 6 nitrogen and oxygen atoms in total. The zero-order valence-electron chi connectivity index (χ0n) is 20.5. The molecule has 0 aliphatic carbocycles. The Balaban J connectivity index is 1.53. The smallest absolute Gasteiger partial charge is 0.341 e. The minimum absolute atomic E-state index is 0.0103. The van der Waals surface area contributed by atoms with Crippen LogP contribution in [0, 0.1) is 11.6 Å². The Hall–Kier alpha value is -4.77. The number of aromatic amines is 1. The summed E-state index contributed by atoms with van der Waals surface area (Å²) >= 11 is 6.33. The van der Waals surface area contributed by atoms with Crippen molar-refractivity contribution < 1.29 is 31.5 Å². The number of hydrogen-bond acceptors (Lipinski definition) is 3. The number of alkyl halides is 3. The topological polar surface area (TPSA) is 86.9 Å². The van der Waals surface area contributed by atoms with Gasteiger partial charge in [0.05, 0.1) is 22.8 Å². The molecule has 2 amide bonds. The Kier molecular flexibility index (Phi) is 6.26. The minimum Gasteiger partial charge on any atom is -0.341 e. The van der Waals surface area contributed by atoms with Crippen molar-refractivity contribution in [1.29, 1.82) is 0 Å². The van der Waals surface area contributed by atoms with Crippen LogP contribution in [0.25, 0.3) is 22.2 Å². The number of halogens is 6. The predicted molar refractivity (Wildman–Crippen MR) is 142 cm³/mol. The third-order valence-corrected chi connectivity index (χ3v) is 7.08. The quantitative estimate of drug-likeness (QED) is 0.195. The number of amides is 2. The van der Waals surface area contributed by atoms with Crippen LogP contribution in [0.3, 0.4) is 0 Å². The number of H-pyrrole nitrogens is 1. The van der Waals surface area contributed by atoms with E-state index in [0.29, 0.717) is 34.3 Å². The molecule has 1 aliphatic heterocycles. The molecular weight excluding hydrogens is 567 g/mol. The molecule has 1 aromatic heterocycles. The molecule has 2 heterocycles. The zero-order valence-corrected chi connectivity index (χ0v) is 21.3. The number of para-hydroxylation sites is 1. The van der Waals surface area contributed by atoms with Gasteiger partial charge in [-0.2, -0.15) is 18.3 Å². The van der Waals surface area contributed by atoms with Crippen LogP contribution in [-0.4, -0.2) is 22.0 Å². The SMILES string of the molecule is O=C(Nc1cc(-c2n[nH]c3ccccc23)cc2c1C(c1cc(F)ccc1Cl)NC2=O)c1cc(F)cc(C(F)(F)F)c1. The molecule has 5 aromatic rings. The van der Waals surface area contributed by atoms with Gasteiger partial charge in [0.1, 0.15) is 11.6 Å². The molecule has 0 saturated carbocycles. The lowest BCUT2D eigenvalue weighted by Gasteiger charge is -2.19. The van der Waals surface area contributed by atoms with Crippen molar-refractivity contribution in [3.05, 3.63) is 117 Å². The van der Waals surface area contributed by atoms with Gasteiger partial charge in [0.2, 0.25) is 0 Å². The number of nitrogens with zero attached hydrogens (tertiary/aromatic N) is 1. The Bertz CT molecular complexity index is 1890. The molecule has 12 heteroatoms. The molecular formula is C29H16ClF5N4O2. The number of nitrogens with one attached hydrogen (secondary N) is 3.